The number of aryl methyl sites for hydroxylation is 2. The van der Waals surface area contributed by atoms with E-state index >= 15 is 0 Å². The molecular weight excluding hydrogens is 222 g/mol. The molecule has 0 aromatic heterocycles. The zero-order valence-corrected chi connectivity index (χ0v) is 12.6. The van der Waals surface area contributed by atoms with Crippen molar-refractivity contribution in [1.29, 1.82) is 0 Å². The molecule has 0 aliphatic heterocycles. The van der Waals surface area contributed by atoms with E-state index in [1.165, 1.54) is 16.7 Å². The highest BCUT2D eigenvalue weighted by atomic mass is 16.3. The Labute approximate surface area is 111 Å². The van der Waals surface area contributed by atoms with Crippen LogP contribution in [0, 0.1) is 13.8 Å². The average molecular weight is 249 g/mol. The average Bonchev–Trinajstić information content (AvgIpc) is 2.19. The zero-order valence-electron chi connectivity index (χ0n) is 12.6. The summed E-state index contributed by atoms with van der Waals surface area (Å²) < 4.78 is 0. The molecule has 2 nitrogen and oxygen atoms in total. The topological polar surface area (TPSA) is 32.3 Å². The minimum absolute atomic E-state index is 0.0708. The summed E-state index contributed by atoms with van der Waals surface area (Å²) in [5, 5.41) is 13.1. The second-order valence-electron chi connectivity index (χ2n) is 6.62. The molecule has 0 aliphatic carbocycles. The van der Waals surface area contributed by atoms with Crippen LogP contribution in [-0.2, 0) is 5.41 Å². The van der Waals surface area contributed by atoms with Crippen LogP contribution in [0.5, 0.6) is 0 Å². The van der Waals surface area contributed by atoms with Crippen molar-refractivity contribution in [2.75, 3.05) is 13.1 Å². The van der Waals surface area contributed by atoms with E-state index in [-0.39, 0.29) is 5.41 Å². The molecule has 102 valence electrons. The second-order valence-corrected chi connectivity index (χ2v) is 6.62. The summed E-state index contributed by atoms with van der Waals surface area (Å²) in [7, 11) is 0. The molecule has 0 aliphatic rings. The third-order valence-electron chi connectivity index (χ3n) is 3.25. The predicted octanol–water partition coefficient (Wildman–Crippen LogP) is 2.94. The lowest BCUT2D eigenvalue weighted by atomic mass is 9.81. The molecule has 18 heavy (non-hydrogen) atoms. The Hall–Kier alpha value is -0.860. The van der Waals surface area contributed by atoms with E-state index < -0.39 is 5.60 Å². The third-order valence-corrected chi connectivity index (χ3v) is 3.25. The van der Waals surface area contributed by atoms with Gasteiger partial charge in [-0.3, -0.25) is 0 Å². The Kier molecular flexibility index (Phi) is 4.57. The van der Waals surface area contributed by atoms with Crippen LogP contribution in [0.3, 0.4) is 0 Å². The van der Waals surface area contributed by atoms with Crippen molar-refractivity contribution in [2.45, 2.75) is 52.6 Å². The van der Waals surface area contributed by atoms with E-state index in [2.05, 4.69) is 51.2 Å². The maximum atomic E-state index is 9.72. The fourth-order valence-corrected chi connectivity index (χ4v) is 2.24. The molecule has 0 heterocycles. The van der Waals surface area contributed by atoms with Crippen LogP contribution in [-0.4, -0.2) is 23.8 Å². The lowest BCUT2D eigenvalue weighted by molar-refractivity contribution is 0.0785. The predicted molar refractivity (Wildman–Crippen MR) is 78.1 cm³/mol. The fraction of sp³-hybridized carbons (Fsp3) is 0.625. The van der Waals surface area contributed by atoms with Gasteiger partial charge in [-0.15, -0.1) is 0 Å². The van der Waals surface area contributed by atoms with Crippen molar-refractivity contribution in [2.24, 2.45) is 0 Å². The van der Waals surface area contributed by atoms with Crippen LogP contribution in [0.25, 0.3) is 0 Å². The van der Waals surface area contributed by atoms with Gasteiger partial charge in [0.1, 0.15) is 0 Å². The fourth-order valence-electron chi connectivity index (χ4n) is 2.24. The molecule has 0 bridgehead atoms. The van der Waals surface area contributed by atoms with Crippen molar-refractivity contribution in [3.05, 3.63) is 34.9 Å². The van der Waals surface area contributed by atoms with Gasteiger partial charge in [-0.05, 0) is 38.8 Å². The molecule has 0 spiro atoms. The number of rotatable bonds is 5. The van der Waals surface area contributed by atoms with Gasteiger partial charge in [0, 0.05) is 18.5 Å². The lowest BCUT2D eigenvalue weighted by Gasteiger charge is -2.29. The number of hydrogen-bond donors (Lipinski definition) is 2. The molecule has 2 heteroatoms. The number of nitrogens with one attached hydrogen (secondary N) is 1. The minimum atomic E-state index is -0.655. The maximum absolute atomic E-state index is 9.72. The SMILES string of the molecule is Cc1ccc(C)c(C(C)(C)CNCC(C)(C)O)c1. The first-order valence-corrected chi connectivity index (χ1v) is 6.63. The Bertz CT molecular complexity index is 402. The van der Waals surface area contributed by atoms with E-state index in [1.807, 2.05) is 13.8 Å². The van der Waals surface area contributed by atoms with Crippen molar-refractivity contribution < 1.29 is 5.11 Å². The molecule has 0 saturated heterocycles. The third kappa shape index (κ3) is 4.43. The van der Waals surface area contributed by atoms with Crippen LogP contribution in [0.15, 0.2) is 18.2 Å². The summed E-state index contributed by atoms with van der Waals surface area (Å²) >= 11 is 0. The molecule has 0 amide bonds. The Morgan fingerprint density at radius 1 is 1.06 bits per heavy atom. The van der Waals surface area contributed by atoms with E-state index in [4.69, 9.17) is 0 Å². The summed E-state index contributed by atoms with van der Waals surface area (Å²) in [5.74, 6) is 0. The molecule has 0 atom stereocenters. The molecule has 0 radical (unpaired) electrons. The number of aliphatic hydroxyl groups is 1. The lowest BCUT2D eigenvalue weighted by Crippen LogP contribution is -2.41. The highest BCUT2D eigenvalue weighted by Crippen LogP contribution is 2.26. The zero-order chi connectivity index (χ0) is 14.0. The van der Waals surface area contributed by atoms with Crippen molar-refractivity contribution >= 4 is 0 Å². The number of hydrogen-bond acceptors (Lipinski definition) is 2. The summed E-state index contributed by atoms with van der Waals surface area (Å²) in [6.07, 6.45) is 0. The first-order chi connectivity index (χ1) is 8.12. The Morgan fingerprint density at radius 2 is 1.67 bits per heavy atom. The summed E-state index contributed by atoms with van der Waals surface area (Å²) in [6.45, 7) is 13.9. The van der Waals surface area contributed by atoms with Gasteiger partial charge in [0.25, 0.3) is 0 Å². The van der Waals surface area contributed by atoms with Crippen LogP contribution in [0.4, 0.5) is 0 Å². The van der Waals surface area contributed by atoms with E-state index in [1.54, 1.807) is 0 Å². The van der Waals surface area contributed by atoms with Gasteiger partial charge in [-0.25, -0.2) is 0 Å². The number of benzene rings is 1. The normalized spacial score (nSPS) is 12.8. The molecule has 1 aromatic carbocycles. The standard InChI is InChI=1S/C16H27NO/c1-12-7-8-13(2)14(9-12)15(3,4)10-17-11-16(5,6)18/h7-9,17-18H,10-11H2,1-6H3. The van der Waals surface area contributed by atoms with Gasteiger partial charge in [-0.2, -0.15) is 0 Å². The largest absolute Gasteiger partial charge is 0.389 e. The van der Waals surface area contributed by atoms with Crippen molar-refractivity contribution in [1.82, 2.24) is 5.32 Å². The quantitative estimate of drug-likeness (QED) is 0.841. The first-order valence-electron chi connectivity index (χ1n) is 6.63. The van der Waals surface area contributed by atoms with Gasteiger partial charge in [0.2, 0.25) is 0 Å². The van der Waals surface area contributed by atoms with Crippen molar-refractivity contribution in [3.8, 4) is 0 Å². The molecule has 0 unspecified atom stereocenters. The Balaban J connectivity index is 2.76. The van der Waals surface area contributed by atoms with Crippen LogP contribution in [0.2, 0.25) is 0 Å². The van der Waals surface area contributed by atoms with Gasteiger partial charge in [0.15, 0.2) is 0 Å². The van der Waals surface area contributed by atoms with Crippen LogP contribution < -0.4 is 5.32 Å². The summed E-state index contributed by atoms with van der Waals surface area (Å²) in [5.41, 5.74) is 3.42. The maximum Gasteiger partial charge on any atom is 0.0715 e. The molecule has 2 N–H and O–H groups in total. The van der Waals surface area contributed by atoms with Gasteiger partial charge < -0.3 is 10.4 Å². The molecule has 0 saturated carbocycles. The van der Waals surface area contributed by atoms with Gasteiger partial charge >= 0.3 is 0 Å². The molecule has 1 rings (SSSR count). The van der Waals surface area contributed by atoms with Crippen LogP contribution >= 0.6 is 0 Å². The van der Waals surface area contributed by atoms with E-state index in [0.717, 1.165) is 6.54 Å². The van der Waals surface area contributed by atoms with E-state index in [9.17, 15) is 5.11 Å². The molecular formula is C16H27NO. The van der Waals surface area contributed by atoms with Gasteiger partial charge in [-0.1, -0.05) is 37.6 Å². The van der Waals surface area contributed by atoms with Crippen molar-refractivity contribution in [3.63, 3.8) is 0 Å². The molecule has 0 fully saturated rings. The monoisotopic (exact) mass is 249 g/mol. The smallest absolute Gasteiger partial charge is 0.0715 e. The highest BCUT2D eigenvalue weighted by molar-refractivity contribution is 5.36. The van der Waals surface area contributed by atoms with E-state index in [0.29, 0.717) is 6.54 Å². The molecule has 1 aromatic rings. The highest BCUT2D eigenvalue weighted by Gasteiger charge is 2.23. The summed E-state index contributed by atoms with van der Waals surface area (Å²) in [6, 6.07) is 6.60. The summed E-state index contributed by atoms with van der Waals surface area (Å²) in [4.78, 5) is 0. The Morgan fingerprint density at radius 3 is 2.22 bits per heavy atom. The van der Waals surface area contributed by atoms with Crippen LogP contribution in [0.1, 0.15) is 44.4 Å². The first kappa shape index (κ1) is 15.2. The van der Waals surface area contributed by atoms with Gasteiger partial charge in [0.05, 0.1) is 5.60 Å². The second kappa shape index (κ2) is 5.41. The minimum Gasteiger partial charge on any atom is -0.389 e.